The summed E-state index contributed by atoms with van der Waals surface area (Å²) in [6.07, 6.45) is 2.25. The topological polar surface area (TPSA) is 90.9 Å². The predicted octanol–water partition coefficient (Wildman–Crippen LogP) is 4.09. The van der Waals surface area contributed by atoms with E-state index in [0.29, 0.717) is 23.3 Å². The first kappa shape index (κ1) is 16.6. The SMILES string of the molecule is CC(C)=CCc1c(-c2ccc(O)cc2)oc2cc(O)cc(O)c2c1=O. The first-order valence-corrected chi connectivity index (χ1v) is 7.81. The number of benzene rings is 2. The van der Waals surface area contributed by atoms with Gasteiger partial charge in [-0.05, 0) is 44.5 Å². The number of aromatic hydroxyl groups is 3. The Morgan fingerprint density at radius 1 is 1.04 bits per heavy atom. The Morgan fingerprint density at radius 2 is 1.72 bits per heavy atom. The van der Waals surface area contributed by atoms with Gasteiger partial charge in [-0.3, -0.25) is 4.79 Å². The van der Waals surface area contributed by atoms with Crippen molar-refractivity contribution < 1.29 is 19.7 Å². The molecule has 5 heteroatoms. The highest BCUT2D eigenvalue weighted by Crippen LogP contribution is 2.33. The first-order valence-electron chi connectivity index (χ1n) is 7.81. The first-order chi connectivity index (χ1) is 11.9. The largest absolute Gasteiger partial charge is 0.508 e. The van der Waals surface area contributed by atoms with Crippen LogP contribution in [0.4, 0.5) is 0 Å². The van der Waals surface area contributed by atoms with Crippen LogP contribution in [0.15, 0.2) is 57.3 Å². The van der Waals surface area contributed by atoms with Crippen LogP contribution in [0, 0.1) is 0 Å². The Balaban J connectivity index is 2.36. The lowest BCUT2D eigenvalue weighted by molar-refractivity contribution is 0.452. The molecule has 25 heavy (non-hydrogen) atoms. The number of rotatable bonds is 3. The molecule has 1 heterocycles. The fraction of sp³-hybridized carbons (Fsp3) is 0.150. The molecule has 0 unspecified atom stereocenters. The van der Waals surface area contributed by atoms with Gasteiger partial charge in [0.05, 0.1) is 0 Å². The van der Waals surface area contributed by atoms with E-state index in [2.05, 4.69) is 0 Å². The van der Waals surface area contributed by atoms with Gasteiger partial charge in [-0.1, -0.05) is 11.6 Å². The lowest BCUT2D eigenvalue weighted by atomic mass is 10.0. The van der Waals surface area contributed by atoms with Gasteiger partial charge < -0.3 is 19.7 Å². The molecule has 0 saturated heterocycles. The molecular formula is C20H18O5. The smallest absolute Gasteiger partial charge is 0.200 e. The highest BCUT2D eigenvalue weighted by atomic mass is 16.3. The van der Waals surface area contributed by atoms with Crippen molar-refractivity contribution in [3.8, 4) is 28.6 Å². The second kappa shape index (κ2) is 6.36. The zero-order chi connectivity index (χ0) is 18.1. The Hall–Kier alpha value is -3.21. The summed E-state index contributed by atoms with van der Waals surface area (Å²) in [6.45, 7) is 3.86. The maximum absolute atomic E-state index is 13.0. The molecular weight excluding hydrogens is 320 g/mol. The van der Waals surface area contributed by atoms with E-state index in [-0.39, 0.29) is 33.6 Å². The number of phenolic OH excluding ortho intramolecular Hbond substituents is 3. The minimum atomic E-state index is -0.348. The van der Waals surface area contributed by atoms with Gasteiger partial charge >= 0.3 is 0 Å². The third kappa shape index (κ3) is 3.21. The fourth-order valence-corrected chi connectivity index (χ4v) is 2.66. The van der Waals surface area contributed by atoms with Crippen LogP contribution in [0.1, 0.15) is 19.4 Å². The van der Waals surface area contributed by atoms with Gasteiger partial charge in [0.15, 0.2) is 0 Å². The molecule has 0 amide bonds. The lowest BCUT2D eigenvalue weighted by Gasteiger charge is -2.10. The molecule has 0 fully saturated rings. The Bertz CT molecular complexity index is 1020. The monoisotopic (exact) mass is 338 g/mol. The summed E-state index contributed by atoms with van der Waals surface area (Å²) < 4.78 is 5.86. The molecule has 0 radical (unpaired) electrons. The molecule has 128 valence electrons. The van der Waals surface area contributed by atoms with Crippen molar-refractivity contribution >= 4 is 11.0 Å². The van der Waals surface area contributed by atoms with Crippen molar-refractivity contribution in [1.29, 1.82) is 0 Å². The third-order valence-corrected chi connectivity index (χ3v) is 3.90. The molecule has 0 spiro atoms. The van der Waals surface area contributed by atoms with Crippen LogP contribution in [0.25, 0.3) is 22.3 Å². The molecule has 0 bridgehead atoms. The second-order valence-corrected chi connectivity index (χ2v) is 6.11. The summed E-state index contributed by atoms with van der Waals surface area (Å²) in [5.41, 5.74) is 1.83. The summed E-state index contributed by atoms with van der Waals surface area (Å²) >= 11 is 0. The average molecular weight is 338 g/mol. The summed E-state index contributed by atoms with van der Waals surface area (Å²) in [6, 6.07) is 8.71. The lowest BCUT2D eigenvalue weighted by Crippen LogP contribution is -2.11. The van der Waals surface area contributed by atoms with E-state index >= 15 is 0 Å². The third-order valence-electron chi connectivity index (χ3n) is 3.90. The van der Waals surface area contributed by atoms with Crippen molar-refractivity contribution in [2.75, 3.05) is 0 Å². The van der Waals surface area contributed by atoms with Crippen LogP contribution in [0.2, 0.25) is 0 Å². The molecule has 0 aliphatic carbocycles. The fourth-order valence-electron chi connectivity index (χ4n) is 2.66. The van der Waals surface area contributed by atoms with Gasteiger partial charge in [0.2, 0.25) is 5.43 Å². The quantitative estimate of drug-likeness (QED) is 0.626. The van der Waals surface area contributed by atoms with Gasteiger partial charge in [0, 0.05) is 23.3 Å². The maximum atomic E-state index is 13.0. The number of hydrogen-bond donors (Lipinski definition) is 3. The van der Waals surface area contributed by atoms with E-state index in [0.717, 1.165) is 11.6 Å². The molecule has 2 aromatic carbocycles. The maximum Gasteiger partial charge on any atom is 0.200 e. The van der Waals surface area contributed by atoms with E-state index in [4.69, 9.17) is 4.42 Å². The van der Waals surface area contributed by atoms with Crippen LogP contribution < -0.4 is 5.43 Å². The zero-order valence-corrected chi connectivity index (χ0v) is 13.9. The Morgan fingerprint density at radius 3 is 2.36 bits per heavy atom. The van der Waals surface area contributed by atoms with Crippen LogP contribution in [0.5, 0.6) is 17.2 Å². The minimum absolute atomic E-state index is 0.0393. The van der Waals surface area contributed by atoms with Crippen LogP contribution in [-0.4, -0.2) is 15.3 Å². The number of hydrogen-bond acceptors (Lipinski definition) is 5. The highest BCUT2D eigenvalue weighted by molar-refractivity contribution is 5.87. The molecule has 3 aromatic rings. The van der Waals surface area contributed by atoms with Crippen molar-refractivity contribution in [2.45, 2.75) is 20.3 Å². The standard InChI is InChI=1S/C20H18O5/c1-11(2)3-8-15-19(24)18-16(23)9-14(22)10-17(18)25-20(15)12-4-6-13(21)7-5-12/h3-7,9-10,21-23H,8H2,1-2H3. The van der Waals surface area contributed by atoms with Crippen LogP contribution >= 0.6 is 0 Å². The zero-order valence-electron chi connectivity index (χ0n) is 13.9. The van der Waals surface area contributed by atoms with Crippen molar-refractivity contribution in [3.05, 3.63) is 63.8 Å². The van der Waals surface area contributed by atoms with E-state index in [1.54, 1.807) is 12.1 Å². The van der Waals surface area contributed by atoms with E-state index < -0.39 is 0 Å². The molecule has 0 aliphatic heterocycles. The van der Waals surface area contributed by atoms with Gasteiger partial charge in [0.1, 0.15) is 34.0 Å². The summed E-state index contributed by atoms with van der Waals surface area (Å²) in [5.74, 6) is -0.0608. The minimum Gasteiger partial charge on any atom is -0.508 e. The number of phenols is 3. The normalized spacial score (nSPS) is 10.8. The molecule has 0 saturated carbocycles. The highest BCUT2D eigenvalue weighted by Gasteiger charge is 2.18. The molecule has 3 N–H and O–H groups in total. The number of allylic oxidation sites excluding steroid dienone is 2. The van der Waals surface area contributed by atoms with Crippen molar-refractivity contribution in [1.82, 2.24) is 0 Å². The van der Waals surface area contributed by atoms with Gasteiger partial charge in [0.25, 0.3) is 0 Å². The van der Waals surface area contributed by atoms with Gasteiger partial charge in [-0.25, -0.2) is 0 Å². The van der Waals surface area contributed by atoms with E-state index in [1.165, 1.54) is 18.2 Å². The summed E-state index contributed by atoms with van der Waals surface area (Å²) in [7, 11) is 0. The molecule has 3 rings (SSSR count). The van der Waals surface area contributed by atoms with E-state index in [1.807, 2.05) is 19.9 Å². The molecule has 1 aromatic heterocycles. The summed E-state index contributed by atoms with van der Waals surface area (Å²) in [4.78, 5) is 13.0. The Labute approximate surface area is 144 Å². The second-order valence-electron chi connectivity index (χ2n) is 6.11. The van der Waals surface area contributed by atoms with Crippen molar-refractivity contribution in [3.63, 3.8) is 0 Å². The number of fused-ring (bicyclic) bond motifs is 1. The molecule has 5 nitrogen and oxygen atoms in total. The predicted molar refractivity (Wildman–Crippen MR) is 96.0 cm³/mol. The van der Waals surface area contributed by atoms with Crippen molar-refractivity contribution in [2.24, 2.45) is 0 Å². The van der Waals surface area contributed by atoms with Crippen LogP contribution in [-0.2, 0) is 6.42 Å². The Kier molecular flexibility index (Phi) is 4.23. The summed E-state index contributed by atoms with van der Waals surface area (Å²) in [5, 5.41) is 29.3. The van der Waals surface area contributed by atoms with Crippen LogP contribution in [0.3, 0.4) is 0 Å². The molecule has 0 aliphatic rings. The average Bonchev–Trinajstić information content (AvgIpc) is 2.53. The van der Waals surface area contributed by atoms with E-state index in [9.17, 15) is 20.1 Å². The van der Waals surface area contributed by atoms with Gasteiger partial charge in [-0.15, -0.1) is 0 Å². The van der Waals surface area contributed by atoms with Gasteiger partial charge in [-0.2, -0.15) is 0 Å². The molecule has 0 atom stereocenters.